The Kier molecular flexibility index (Phi) is 2.18. The number of nitriles is 1. The lowest BCUT2D eigenvalue weighted by Crippen LogP contribution is -1.84. The molecule has 10 heavy (non-hydrogen) atoms. The monoisotopic (exact) mass is 155 g/mol. The van der Waals surface area contributed by atoms with E-state index in [9.17, 15) is 0 Å². The van der Waals surface area contributed by atoms with Crippen LogP contribution in [0.4, 0.5) is 0 Å². The summed E-state index contributed by atoms with van der Waals surface area (Å²) in [6.45, 7) is 0. The summed E-state index contributed by atoms with van der Waals surface area (Å²) in [7, 11) is 0. The number of aromatic nitrogens is 2. The van der Waals surface area contributed by atoms with Crippen molar-refractivity contribution in [2.45, 2.75) is 12.8 Å². The first kappa shape index (κ1) is 6.96. The van der Waals surface area contributed by atoms with Crippen molar-refractivity contribution in [3.05, 3.63) is 10.7 Å². The molecule has 0 atom stereocenters. The number of nitrogens with zero attached hydrogens (tertiary/aromatic N) is 2. The Balaban J connectivity index is 2.61. The number of rotatable bonds is 2. The van der Waals surface area contributed by atoms with Crippen LogP contribution in [0.2, 0.25) is 0 Å². The van der Waals surface area contributed by atoms with E-state index in [2.05, 4.69) is 26.9 Å². The van der Waals surface area contributed by atoms with Gasteiger partial charge >= 0.3 is 4.84 Å². The van der Waals surface area contributed by atoms with Crippen LogP contribution in [0.15, 0.2) is 4.52 Å². The third-order valence-corrected chi connectivity index (χ3v) is 1.13. The number of hydrogen-bond donors (Lipinski definition) is 1. The summed E-state index contributed by atoms with van der Waals surface area (Å²) in [5.41, 5.74) is 0. The van der Waals surface area contributed by atoms with Gasteiger partial charge in [0.2, 0.25) is 0 Å². The summed E-state index contributed by atoms with van der Waals surface area (Å²) in [5, 5.41) is 10.7. The van der Waals surface area contributed by atoms with Crippen LogP contribution in [0.5, 0.6) is 0 Å². The molecule has 0 aliphatic carbocycles. The Morgan fingerprint density at radius 1 is 1.80 bits per heavy atom. The molecule has 5 heteroatoms. The highest BCUT2D eigenvalue weighted by atomic mass is 32.1. The zero-order valence-electron chi connectivity index (χ0n) is 5.13. The largest absolute Gasteiger partial charge is 0.348 e. The van der Waals surface area contributed by atoms with Crippen molar-refractivity contribution in [2.24, 2.45) is 0 Å². The first-order valence-corrected chi connectivity index (χ1v) is 3.15. The lowest BCUT2D eigenvalue weighted by Gasteiger charge is -1.81. The maximum atomic E-state index is 8.19. The molecule has 1 N–H and O–H groups in total. The van der Waals surface area contributed by atoms with Gasteiger partial charge in [-0.3, -0.25) is 0 Å². The fourth-order valence-corrected chi connectivity index (χ4v) is 0.691. The summed E-state index contributed by atoms with van der Waals surface area (Å²) in [6, 6.07) is 1.99. The van der Waals surface area contributed by atoms with E-state index >= 15 is 0 Å². The van der Waals surface area contributed by atoms with Crippen LogP contribution in [0.25, 0.3) is 0 Å². The average Bonchev–Trinajstić information content (AvgIpc) is 2.31. The van der Waals surface area contributed by atoms with E-state index in [1.807, 2.05) is 6.07 Å². The van der Waals surface area contributed by atoms with Gasteiger partial charge in [0.1, 0.15) is 5.82 Å². The molecule has 4 nitrogen and oxygen atoms in total. The third-order valence-electron chi connectivity index (χ3n) is 0.956. The van der Waals surface area contributed by atoms with Crippen LogP contribution in [0.3, 0.4) is 0 Å². The molecule has 0 radical (unpaired) electrons. The van der Waals surface area contributed by atoms with Gasteiger partial charge in [-0.1, -0.05) is 0 Å². The van der Waals surface area contributed by atoms with E-state index in [0.717, 1.165) is 0 Å². The van der Waals surface area contributed by atoms with Gasteiger partial charge in [0.15, 0.2) is 0 Å². The molecule has 52 valence electrons. The molecule has 0 spiro atoms. The van der Waals surface area contributed by atoms with Crippen LogP contribution >= 0.6 is 12.2 Å². The number of H-pyrrole nitrogens is 1. The molecular weight excluding hydrogens is 150 g/mol. The highest BCUT2D eigenvalue weighted by Crippen LogP contribution is 1.94. The predicted molar refractivity (Wildman–Crippen MR) is 35.6 cm³/mol. The minimum atomic E-state index is 0.188. The summed E-state index contributed by atoms with van der Waals surface area (Å²) < 4.78 is 4.63. The van der Waals surface area contributed by atoms with Crippen LogP contribution in [-0.4, -0.2) is 10.1 Å². The minimum absolute atomic E-state index is 0.188. The van der Waals surface area contributed by atoms with E-state index < -0.39 is 0 Å². The zero-order chi connectivity index (χ0) is 7.40. The summed E-state index contributed by atoms with van der Waals surface area (Å²) in [6.07, 6.45) is 0.994. The second-order valence-corrected chi connectivity index (χ2v) is 2.04. The first-order valence-electron chi connectivity index (χ1n) is 2.74. The van der Waals surface area contributed by atoms with Gasteiger partial charge in [-0.15, -0.1) is 0 Å². The van der Waals surface area contributed by atoms with E-state index in [1.54, 1.807) is 0 Å². The molecule has 1 heterocycles. The van der Waals surface area contributed by atoms with Crippen molar-refractivity contribution in [3.8, 4) is 6.07 Å². The minimum Gasteiger partial charge on any atom is -0.348 e. The van der Waals surface area contributed by atoms with E-state index in [4.69, 9.17) is 5.26 Å². The van der Waals surface area contributed by atoms with Gasteiger partial charge in [0.05, 0.1) is 6.07 Å². The Hall–Kier alpha value is -1.15. The Bertz CT molecular complexity index is 294. The maximum Gasteiger partial charge on any atom is 0.314 e. The SMILES string of the molecule is N#CCCc1nc(=S)o[nH]1. The van der Waals surface area contributed by atoms with E-state index in [0.29, 0.717) is 18.7 Å². The average molecular weight is 155 g/mol. The molecule has 0 unspecified atom stereocenters. The predicted octanol–water partition coefficient (Wildman–Crippen LogP) is 1.19. The lowest BCUT2D eigenvalue weighted by molar-refractivity contribution is 0.398. The van der Waals surface area contributed by atoms with Gasteiger partial charge in [0.25, 0.3) is 0 Å². The molecule has 0 amide bonds. The van der Waals surface area contributed by atoms with Gasteiger partial charge < -0.3 is 4.52 Å². The van der Waals surface area contributed by atoms with Gasteiger partial charge in [-0.2, -0.15) is 10.2 Å². The van der Waals surface area contributed by atoms with Crippen LogP contribution in [0.1, 0.15) is 12.2 Å². The number of aryl methyl sites for hydroxylation is 1. The van der Waals surface area contributed by atoms with Crippen molar-refractivity contribution in [1.82, 2.24) is 10.1 Å². The summed E-state index contributed by atoms with van der Waals surface area (Å²) in [5.74, 6) is 0.631. The molecular formula is C5H5N3OS. The van der Waals surface area contributed by atoms with Crippen molar-refractivity contribution in [2.75, 3.05) is 0 Å². The highest BCUT2D eigenvalue weighted by molar-refractivity contribution is 7.71. The second-order valence-electron chi connectivity index (χ2n) is 1.69. The van der Waals surface area contributed by atoms with Crippen LogP contribution < -0.4 is 0 Å². The van der Waals surface area contributed by atoms with Gasteiger partial charge in [0, 0.05) is 12.8 Å². The fourth-order valence-electron chi connectivity index (χ4n) is 0.540. The van der Waals surface area contributed by atoms with Crippen LogP contribution in [-0.2, 0) is 6.42 Å². The molecule has 1 rings (SSSR count). The topological polar surface area (TPSA) is 65.6 Å². The van der Waals surface area contributed by atoms with Gasteiger partial charge in [-0.05, 0) is 12.2 Å². The fraction of sp³-hybridized carbons (Fsp3) is 0.400. The smallest absolute Gasteiger partial charge is 0.314 e. The number of nitrogens with one attached hydrogen (secondary N) is 1. The quantitative estimate of drug-likeness (QED) is 0.651. The van der Waals surface area contributed by atoms with Crippen LogP contribution in [0, 0.1) is 16.2 Å². The number of aromatic amines is 1. The molecule has 0 bridgehead atoms. The Labute approximate surface area is 62.5 Å². The van der Waals surface area contributed by atoms with Gasteiger partial charge in [-0.25, -0.2) is 5.16 Å². The van der Waals surface area contributed by atoms with Crippen molar-refractivity contribution in [3.63, 3.8) is 0 Å². The Morgan fingerprint density at radius 3 is 3.10 bits per heavy atom. The maximum absolute atomic E-state index is 8.19. The number of hydrogen-bond acceptors (Lipinski definition) is 4. The molecule has 0 aliphatic heterocycles. The molecule has 0 aliphatic rings. The van der Waals surface area contributed by atoms with Crippen molar-refractivity contribution >= 4 is 12.2 Å². The van der Waals surface area contributed by atoms with E-state index in [-0.39, 0.29) is 4.84 Å². The molecule has 0 fully saturated rings. The third kappa shape index (κ3) is 1.67. The lowest BCUT2D eigenvalue weighted by atomic mass is 10.3. The molecule has 0 aromatic carbocycles. The standard InChI is InChI=1S/C5H5N3OS/c6-3-1-2-4-7-5(10)9-8-4/h1-2H2,(H,7,8,10). The second kappa shape index (κ2) is 3.13. The van der Waals surface area contributed by atoms with E-state index in [1.165, 1.54) is 0 Å². The first-order chi connectivity index (χ1) is 4.83. The van der Waals surface area contributed by atoms with Crippen molar-refractivity contribution < 1.29 is 4.52 Å². The molecule has 0 saturated carbocycles. The summed E-state index contributed by atoms with van der Waals surface area (Å²) >= 11 is 4.59. The zero-order valence-corrected chi connectivity index (χ0v) is 5.94. The molecule has 0 saturated heterocycles. The molecule has 1 aromatic heterocycles. The molecule has 1 aromatic rings. The normalized spacial score (nSPS) is 9.10. The Morgan fingerprint density at radius 2 is 2.60 bits per heavy atom. The van der Waals surface area contributed by atoms with Crippen molar-refractivity contribution in [1.29, 1.82) is 5.26 Å². The summed E-state index contributed by atoms with van der Waals surface area (Å²) in [4.78, 5) is 3.98. The highest BCUT2D eigenvalue weighted by Gasteiger charge is 1.95.